The van der Waals surface area contributed by atoms with Crippen LogP contribution in [0.1, 0.15) is 25.3 Å². The van der Waals surface area contributed by atoms with Gasteiger partial charge in [0.15, 0.2) is 6.61 Å². The maximum Gasteiger partial charge on any atom is 0.422 e. The molecule has 0 spiro atoms. The van der Waals surface area contributed by atoms with Gasteiger partial charge in [0.25, 0.3) is 0 Å². The Kier molecular flexibility index (Phi) is 11.0. The highest BCUT2D eigenvalue weighted by molar-refractivity contribution is 9.10. The highest BCUT2D eigenvalue weighted by atomic mass is 79.9. The summed E-state index contributed by atoms with van der Waals surface area (Å²) in [6.07, 6.45) is 3.26. The zero-order valence-electron chi connectivity index (χ0n) is 28.3. The van der Waals surface area contributed by atoms with Crippen molar-refractivity contribution in [2.75, 3.05) is 79.4 Å². The number of piperidine rings is 1. The number of benzene rings is 1. The summed E-state index contributed by atoms with van der Waals surface area (Å²) in [7, 11) is -1.58. The Labute approximate surface area is 302 Å². The van der Waals surface area contributed by atoms with Crippen molar-refractivity contribution in [1.29, 1.82) is 0 Å². The number of halogens is 4. The molecule has 19 heteroatoms. The predicted molar refractivity (Wildman–Crippen MR) is 194 cm³/mol. The van der Waals surface area contributed by atoms with E-state index in [2.05, 4.69) is 78.0 Å². The average molecular weight is 795 g/mol. The van der Waals surface area contributed by atoms with Gasteiger partial charge in [0.05, 0.1) is 27.6 Å². The van der Waals surface area contributed by atoms with E-state index in [1.807, 2.05) is 6.92 Å². The van der Waals surface area contributed by atoms with Crippen molar-refractivity contribution in [3.63, 3.8) is 0 Å². The number of aromatic nitrogens is 5. The number of rotatable bonds is 11. The molecule has 3 aromatic heterocycles. The molecule has 2 saturated heterocycles. The first-order valence-corrected chi connectivity index (χ1v) is 19.1. The van der Waals surface area contributed by atoms with Crippen LogP contribution in [0.4, 0.5) is 47.8 Å². The Morgan fingerprint density at radius 1 is 0.980 bits per heavy atom. The van der Waals surface area contributed by atoms with Gasteiger partial charge < -0.3 is 25.2 Å². The molecule has 0 radical (unpaired) electrons. The summed E-state index contributed by atoms with van der Waals surface area (Å²) in [4.78, 5) is 29.1. The van der Waals surface area contributed by atoms with E-state index in [1.54, 1.807) is 18.2 Å². The molecule has 274 valence electrons. The molecule has 6 rings (SSSR count). The lowest BCUT2D eigenvalue weighted by molar-refractivity contribution is -0.153. The largest absolute Gasteiger partial charge is 0.466 e. The molecule has 0 unspecified atom stereocenters. The number of alkyl halides is 3. The van der Waals surface area contributed by atoms with E-state index in [-0.39, 0.29) is 29.0 Å². The summed E-state index contributed by atoms with van der Waals surface area (Å²) in [6.45, 7) is 6.02. The minimum absolute atomic E-state index is 0.0281. The van der Waals surface area contributed by atoms with Crippen LogP contribution in [0.15, 0.2) is 41.3 Å². The second-order valence-corrected chi connectivity index (χ2v) is 15.2. The Hall–Kier alpha value is -4.07. The van der Waals surface area contributed by atoms with Crippen molar-refractivity contribution < 1.29 is 26.3 Å². The molecule has 2 aliphatic heterocycles. The van der Waals surface area contributed by atoms with E-state index in [1.165, 1.54) is 18.6 Å². The number of nitrogens with one attached hydrogen (secondary N) is 3. The van der Waals surface area contributed by atoms with E-state index >= 15 is 0 Å². The van der Waals surface area contributed by atoms with Crippen molar-refractivity contribution in [3.8, 4) is 5.88 Å². The molecule has 2 aliphatic rings. The summed E-state index contributed by atoms with van der Waals surface area (Å²) in [5, 5.41) is 6.11. The zero-order chi connectivity index (χ0) is 36.3. The number of anilines is 6. The van der Waals surface area contributed by atoms with E-state index in [4.69, 9.17) is 4.74 Å². The molecule has 0 aliphatic carbocycles. The fourth-order valence-corrected chi connectivity index (χ4v) is 7.10. The van der Waals surface area contributed by atoms with Crippen LogP contribution in [-0.2, 0) is 16.4 Å². The molecule has 14 nitrogen and oxygen atoms in total. The minimum atomic E-state index is -4.59. The molecule has 51 heavy (non-hydrogen) atoms. The molecule has 3 N–H and O–H groups in total. The van der Waals surface area contributed by atoms with Crippen molar-refractivity contribution in [2.24, 2.45) is 0 Å². The summed E-state index contributed by atoms with van der Waals surface area (Å²) in [5.41, 5.74) is 2.26. The Balaban J connectivity index is 1.27. The summed E-state index contributed by atoms with van der Waals surface area (Å²) in [6, 6.07) is 5.49. The number of nitrogens with zero attached hydrogens (tertiary/aromatic N) is 8. The first-order chi connectivity index (χ1) is 24.3. The van der Waals surface area contributed by atoms with E-state index in [0.717, 1.165) is 63.9 Å². The molecule has 0 atom stereocenters. The molecular formula is C32H39BrF3N11O3S. The van der Waals surface area contributed by atoms with Crippen molar-refractivity contribution in [2.45, 2.75) is 38.4 Å². The predicted octanol–water partition coefficient (Wildman–Crippen LogP) is 5.16. The number of sulfonamides is 1. The molecule has 2 fully saturated rings. The standard InChI is InChI=1S/C32H39BrF3N11O3S/c1-4-20-17-25(30(50-19-32(34,35)36)43-29(20)47-11-7-21(8-12-47)46-15-13-45(2)14-16-46)41-31-39-18-22(33)28(42-31)40-24-6-5-23-26(38-10-9-37-23)27(24)44-51(3,48)49/h5-6,9-10,17-18,21,44H,4,7-8,11-16,19H2,1-3H3,(H2,39,40,41,42). The molecule has 4 aromatic rings. The van der Waals surface area contributed by atoms with Gasteiger partial charge in [0.2, 0.25) is 21.9 Å². The minimum Gasteiger partial charge on any atom is -0.466 e. The number of hydrogen-bond donors (Lipinski definition) is 3. The molecule has 1 aromatic carbocycles. The molecule has 0 bridgehead atoms. The maximum atomic E-state index is 13.4. The summed E-state index contributed by atoms with van der Waals surface area (Å²) in [5.74, 6) is 0.629. The SMILES string of the molecule is CCc1cc(Nc2ncc(Br)c(Nc3ccc4nccnc4c3NS(C)(=O)=O)n2)c(OCC(F)(F)F)nc1N1CCC(N2CCN(C)CC2)CC1. The number of likely N-dealkylation sites (N-methyl/N-ethyl adjacent to an activating group) is 1. The second kappa shape index (κ2) is 15.3. The van der Waals surface area contributed by atoms with E-state index in [9.17, 15) is 21.6 Å². The molecule has 0 amide bonds. The monoisotopic (exact) mass is 793 g/mol. The Morgan fingerprint density at radius 2 is 1.71 bits per heavy atom. The van der Waals surface area contributed by atoms with Gasteiger partial charge in [0, 0.05) is 63.9 Å². The topological polar surface area (TPSA) is 154 Å². The van der Waals surface area contributed by atoms with Crippen LogP contribution in [0.25, 0.3) is 11.0 Å². The molecular weight excluding hydrogens is 755 g/mol. The Bertz CT molecular complexity index is 1970. The number of fused-ring (bicyclic) bond motifs is 1. The number of ether oxygens (including phenoxy) is 1. The third kappa shape index (κ3) is 9.24. The van der Waals surface area contributed by atoms with Gasteiger partial charge in [-0.15, -0.1) is 0 Å². The van der Waals surface area contributed by atoms with Gasteiger partial charge in [-0.2, -0.15) is 23.1 Å². The molecule has 0 saturated carbocycles. The number of pyridine rings is 1. The summed E-state index contributed by atoms with van der Waals surface area (Å²) >= 11 is 3.42. The fraction of sp³-hybridized carbons (Fsp3) is 0.469. The van der Waals surface area contributed by atoms with Gasteiger partial charge in [-0.3, -0.25) is 19.6 Å². The van der Waals surface area contributed by atoms with Crippen molar-refractivity contribution in [3.05, 3.63) is 46.8 Å². The average Bonchev–Trinajstić information content (AvgIpc) is 3.09. The van der Waals surface area contributed by atoms with Crippen LogP contribution in [0.2, 0.25) is 0 Å². The second-order valence-electron chi connectivity index (χ2n) is 12.6. The number of hydrogen-bond acceptors (Lipinski definition) is 13. The first-order valence-electron chi connectivity index (χ1n) is 16.5. The van der Waals surface area contributed by atoms with Gasteiger partial charge in [-0.1, -0.05) is 6.92 Å². The quantitative estimate of drug-likeness (QED) is 0.184. The van der Waals surface area contributed by atoms with Gasteiger partial charge >= 0.3 is 6.18 Å². The third-order valence-corrected chi connectivity index (χ3v) is 9.94. The van der Waals surface area contributed by atoms with Crippen LogP contribution in [0, 0.1) is 0 Å². The lowest BCUT2D eigenvalue weighted by atomic mass is 10.0. The van der Waals surface area contributed by atoms with Gasteiger partial charge in [0.1, 0.15) is 22.8 Å². The third-order valence-electron chi connectivity index (χ3n) is 8.79. The highest BCUT2D eigenvalue weighted by Crippen LogP contribution is 2.37. The van der Waals surface area contributed by atoms with Crippen LogP contribution >= 0.6 is 15.9 Å². The Morgan fingerprint density at radius 3 is 2.39 bits per heavy atom. The van der Waals surface area contributed by atoms with Crippen LogP contribution in [-0.4, -0.2) is 115 Å². The van der Waals surface area contributed by atoms with Crippen molar-refractivity contribution >= 4 is 71.6 Å². The van der Waals surface area contributed by atoms with Crippen LogP contribution in [0.3, 0.4) is 0 Å². The van der Waals surface area contributed by atoms with Crippen LogP contribution in [0.5, 0.6) is 5.88 Å². The lowest BCUT2D eigenvalue weighted by Gasteiger charge is -2.42. The normalized spacial score (nSPS) is 16.7. The van der Waals surface area contributed by atoms with E-state index in [0.29, 0.717) is 39.5 Å². The van der Waals surface area contributed by atoms with E-state index < -0.39 is 22.8 Å². The maximum absolute atomic E-state index is 13.4. The van der Waals surface area contributed by atoms with Crippen LogP contribution < -0.4 is 25.0 Å². The molecule has 5 heterocycles. The van der Waals surface area contributed by atoms with Gasteiger partial charge in [-0.05, 0) is 66.0 Å². The number of piperazine rings is 1. The summed E-state index contributed by atoms with van der Waals surface area (Å²) < 4.78 is 72.9. The highest BCUT2D eigenvalue weighted by Gasteiger charge is 2.31. The van der Waals surface area contributed by atoms with Gasteiger partial charge in [-0.25, -0.2) is 13.4 Å². The van der Waals surface area contributed by atoms with Crippen molar-refractivity contribution in [1.82, 2.24) is 34.7 Å². The lowest BCUT2D eigenvalue weighted by Crippen LogP contribution is -2.52. The zero-order valence-corrected chi connectivity index (χ0v) is 30.7. The smallest absolute Gasteiger partial charge is 0.422 e. The number of aryl methyl sites for hydroxylation is 1. The fourth-order valence-electron chi connectivity index (χ4n) is 6.23. The first kappa shape index (κ1) is 36.7.